The summed E-state index contributed by atoms with van der Waals surface area (Å²) in [5.41, 5.74) is 4.45. The number of benzene rings is 1. The number of fused-ring (bicyclic) bond motifs is 1. The lowest BCUT2D eigenvalue weighted by Crippen LogP contribution is -2.21. The summed E-state index contributed by atoms with van der Waals surface area (Å²) in [6, 6.07) is 4.57. The largest absolute Gasteiger partial charge is 0.496 e. The fourth-order valence-corrected chi connectivity index (χ4v) is 3.03. The molecule has 1 heteroatoms. The number of methoxy groups -OCH3 is 1. The van der Waals surface area contributed by atoms with Gasteiger partial charge in [0.25, 0.3) is 0 Å². The van der Waals surface area contributed by atoms with Crippen LogP contribution in [0.2, 0.25) is 0 Å². The summed E-state index contributed by atoms with van der Waals surface area (Å²) < 4.78 is 5.68. The van der Waals surface area contributed by atoms with Gasteiger partial charge in [-0.25, -0.2) is 0 Å². The summed E-state index contributed by atoms with van der Waals surface area (Å²) in [7, 11) is 1.82. The molecule has 2 aliphatic rings. The smallest absolute Gasteiger partial charge is 0.126 e. The zero-order chi connectivity index (χ0) is 11.3. The lowest BCUT2D eigenvalue weighted by molar-refractivity contribution is 0.383. The third-order valence-corrected chi connectivity index (χ3v) is 4.14. The predicted octanol–water partition coefficient (Wildman–Crippen LogP) is 3.87. The highest BCUT2D eigenvalue weighted by Gasteiger charge is 2.41. The molecule has 0 heterocycles. The van der Waals surface area contributed by atoms with Crippen LogP contribution < -0.4 is 4.74 Å². The summed E-state index contributed by atoms with van der Waals surface area (Å²) in [5, 5.41) is 0. The lowest BCUT2D eigenvalue weighted by Gasteiger charge is -2.34. The fraction of sp³-hybridized carbons (Fsp3) is 0.600. The molecule has 0 bridgehead atoms. The summed E-state index contributed by atoms with van der Waals surface area (Å²) in [6.07, 6.45) is 4.15. The molecule has 0 spiro atoms. The van der Waals surface area contributed by atoms with Crippen molar-refractivity contribution in [3.63, 3.8) is 0 Å². The first kappa shape index (κ1) is 10.2. The van der Waals surface area contributed by atoms with Gasteiger partial charge in [0.15, 0.2) is 0 Å². The van der Waals surface area contributed by atoms with Gasteiger partial charge in [-0.15, -0.1) is 0 Å². The summed E-state index contributed by atoms with van der Waals surface area (Å²) in [6.45, 7) is 4.49. The fourth-order valence-electron chi connectivity index (χ4n) is 3.03. The minimum Gasteiger partial charge on any atom is -0.496 e. The van der Waals surface area contributed by atoms with Crippen LogP contribution in [0.25, 0.3) is 0 Å². The summed E-state index contributed by atoms with van der Waals surface area (Å²) >= 11 is 0. The zero-order valence-corrected chi connectivity index (χ0v) is 10.4. The predicted molar refractivity (Wildman–Crippen MR) is 66.3 cm³/mol. The van der Waals surface area contributed by atoms with Gasteiger partial charge in [-0.1, -0.05) is 26.0 Å². The maximum absolute atomic E-state index is 5.68. The second-order valence-corrected chi connectivity index (χ2v) is 5.56. The Balaban J connectivity index is 2.05. The molecule has 1 nitrogen and oxygen atoms in total. The molecule has 2 aliphatic carbocycles. The number of rotatable bonds is 3. The average molecular weight is 216 g/mol. The Kier molecular flexibility index (Phi) is 2.24. The van der Waals surface area contributed by atoms with Gasteiger partial charge in [-0.2, -0.15) is 0 Å². The van der Waals surface area contributed by atoms with Crippen molar-refractivity contribution in [1.82, 2.24) is 0 Å². The third-order valence-electron chi connectivity index (χ3n) is 4.14. The van der Waals surface area contributed by atoms with Crippen molar-refractivity contribution in [2.75, 3.05) is 7.11 Å². The van der Waals surface area contributed by atoms with E-state index in [1.54, 1.807) is 0 Å². The minimum atomic E-state index is 0.556. The molecule has 0 saturated heterocycles. The molecule has 1 unspecified atom stereocenters. The molecule has 86 valence electrons. The number of hydrogen-bond acceptors (Lipinski definition) is 1. The molecule has 0 amide bonds. The van der Waals surface area contributed by atoms with Crippen molar-refractivity contribution < 1.29 is 4.74 Å². The second kappa shape index (κ2) is 3.51. The number of ether oxygens (including phenoxy) is 1. The molecule has 0 radical (unpaired) electrons. The van der Waals surface area contributed by atoms with E-state index in [-0.39, 0.29) is 0 Å². The Morgan fingerprint density at radius 3 is 2.56 bits per heavy atom. The molecule has 0 aromatic heterocycles. The lowest BCUT2D eigenvalue weighted by atomic mass is 9.72. The maximum atomic E-state index is 5.68. The molecule has 16 heavy (non-hydrogen) atoms. The van der Waals surface area contributed by atoms with Crippen molar-refractivity contribution in [3.8, 4) is 5.75 Å². The topological polar surface area (TPSA) is 9.23 Å². The van der Waals surface area contributed by atoms with Crippen molar-refractivity contribution in [2.45, 2.75) is 44.9 Å². The molecule has 3 rings (SSSR count). The van der Waals surface area contributed by atoms with Gasteiger partial charge in [-0.3, -0.25) is 0 Å². The molecule has 1 aromatic rings. The SMILES string of the molecule is COc1c(C(C)C)ccc2c1C(C1CC1)C2. The first-order valence-corrected chi connectivity index (χ1v) is 6.42. The first-order chi connectivity index (χ1) is 7.72. The van der Waals surface area contributed by atoms with E-state index in [0.717, 1.165) is 11.8 Å². The average Bonchev–Trinajstić information content (AvgIpc) is 3.02. The monoisotopic (exact) mass is 216 g/mol. The van der Waals surface area contributed by atoms with Gasteiger partial charge in [-0.05, 0) is 48.1 Å². The third kappa shape index (κ3) is 1.37. The van der Waals surface area contributed by atoms with Crippen molar-refractivity contribution in [1.29, 1.82) is 0 Å². The highest BCUT2D eigenvalue weighted by molar-refractivity contribution is 5.55. The summed E-state index contributed by atoms with van der Waals surface area (Å²) in [4.78, 5) is 0. The molecular formula is C15H20O. The van der Waals surface area contributed by atoms with Crippen LogP contribution in [0, 0.1) is 5.92 Å². The van der Waals surface area contributed by atoms with Gasteiger partial charge in [0, 0.05) is 5.56 Å². The molecule has 1 saturated carbocycles. The highest BCUT2D eigenvalue weighted by Crippen LogP contribution is 2.55. The van der Waals surface area contributed by atoms with Crippen LogP contribution in [0.4, 0.5) is 0 Å². The van der Waals surface area contributed by atoms with Gasteiger partial charge in [0.1, 0.15) is 5.75 Å². The van der Waals surface area contributed by atoms with E-state index in [1.165, 1.54) is 41.7 Å². The Hall–Kier alpha value is -0.980. The van der Waals surface area contributed by atoms with Crippen LogP contribution in [0.5, 0.6) is 5.75 Å². The summed E-state index contributed by atoms with van der Waals surface area (Å²) in [5.74, 6) is 3.52. The van der Waals surface area contributed by atoms with Crippen molar-refractivity contribution in [3.05, 3.63) is 28.8 Å². The van der Waals surface area contributed by atoms with Crippen LogP contribution in [0.15, 0.2) is 12.1 Å². The Morgan fingerprint density at radius 1 is 1.25 bits per heavy atom. The van der Waals surface area contributed by atoms with Crippen LogP contribution in [0.1, 0.15) is 55.2 Å². The molecule has 1 fully saturated rings. The Morgan fingerprint density at radius 2 is 2.00 bits per heavy atom. The van der Waals surface area contributed by atoms with E-state index >= 15 is 0 Å². The quantitative estimate of drug-likeness (QED) is 0.745. The van der Waals surface area contributed by atoms with E-state index in [2.05, 4.69) is 26.0 Å². The van der Waals surface area contributed by atoms with Crippen molar-refractivity contribution in [2.24, 2.45) is 5.92 Å². The van der Waals surface area contributed by atoms with Gasteiger partial charge < -0.3 is 4.74 Å². The second-order valence-electron chi connectivity index (χ2n) is 5.56. The van der Waals surface area contributed by atoms with E-state index in [9.17, 15) is 0 Å². The molecular weight excluding hydrogens is 196 g/mol. The van der Waals surface area contributed by atoms with Crippen LogP contribution in [0.3, 0.4) is 0 Å². The molecule has 1 atom stereocenters. The van der Waals surface area contributed by atoms with Gasteiger partial charge >= 0.3 is 0 Å². The number of hydrogen-bond donors (Lipinski definition) is 0. The highest BCUT2D eigenvalue weighted by atomic mass is 16.5. The van der Waals surface area contributed by atoms with Crippen LogP contribution in [-0.4, -0.2) is 7.11 Å². The van der Waals surface area contributed by atoms with Crippen LogP contribution in [-0.2, 0) is 6.42 Å². The Bertz CT molecular complexity index is 416. The first-order valence-electron chi connectivity index (χ1n) is 6.42. The Labute approximate surface area is 97.8 Å². The van der Waals surface area contributed by atoms with Gasteiger partial charge in [0.05, 0.1) is 7.11 Å². The van der Waals surface area contributed by atoms with Crippen molar-refractivity contribution >= 4 is 0 Å². The van der Waals surface area contributed by atoms with Crippen LogP contribution >= 0.6 is 0 Å². The van der Waals surface area contributed by atoms with E-state index in [4.69, 9.17) is 4.74 Å². The minimum absolute atomic E-state index is 0.556. The maximum Gasteiger partial charge on any atom is 0.126 e. The molecule has 0 aliphatic heterocycles. The normalized spacial score (nSPS) is 22.9. The van der Waals surface area contributed by atoms with Gasteiger partial charge in [0.2, 0.25) is 0 Å². The standard InChI is InChI=1S/C15H20O/c1-9(2)12-7-6-11-8-13(10-4-5-10)14(11)15(12)16-3/h6-7,9-10,13H,4-5,8H2,1-3H3. The van der Waals surface area contributed by atoms with E-state index in [0.29, 0.717) is 5.92 Å². The zero-order valence-electron chi connectivity index (χ0n) is 10.4. The van der Waals surface area contributed by atoms with E-state index in [1.807, 2.05) is 7.11 Å². The molecule has 1 aromatic carbocycles. The van der Waals surface area contributed by atoms with E-state index < -0.39 is 0 Å². The molecule has 0 N–H and O–H groups in total.